The Labute approximate surface area is 141 Å². The van der Waals surface area contributed by atoms with Crippen LogP contribution in [0.2, 0.25) is 0 Å². The third-order valence-corrected chi connectivity index (χ3v) is 5.23. The monoisotopic (exact) mass is 390 g/mol. The second kappa shape index (κ2) is 5.75. The topological polar surface area (TPSA) is 69.4 Å². The molecule has 0 aliphatic heterocycles. The van der Waals surface area contributed by atoms with Crippen LogP contribution >= 0.6 is 39.0 Å². The Hall–Kier alpha value is -1.84. The molecule has 0 saturated heterocycles. The quantitative estimate of drug-likeness (QED) is 0.498. The van der Waals surface area contributed by atoms with Crippen molar-refractivity contribution in [3.8, 4) is 5.69 Å². The Morgan fingerprint density at radius 1 is 1.09 bits per heavy atom. The van der Waals surface area contributed by atoms with Gasteiger partial charge in [0.2, 0.25) is 5.16 Å². The van der Waals surface area contributed by atoms with Gasteiger partial charge in [-0.25, -0.2) is 9.97 Å². The van der Waals surface area contributed by atoms with E-state index in [1.807, 2.05) is 35.7 Å². The maximum absolute atomic E-state index is 4.35. The SMILES string of the molecule is Brc1ccc(-n2nnnc2Sc2ncnc3sccc23)cc1. The minimum absolute atomic E-state index is 0.661. The van der Waals surface area contributed by atoms with Crippen LogP contribution in [0.1, 0.15) is 0 Å². The van der Waals surface area contributed by atoms with Gasteiger partial charge in [-0.1, -0.05) is 15.9 Å². The molecule has 0 fully saturated rings. The van der Waals surface area contributed by atoms with E-state index < -0.39 is 0 Å². The first kappa shape index (κ1) is 13.8. The lowest BCUT2D eigenvalue weighted by Crippen LogP contribution is -1.99. The first-order valence-corrected chi connectivity index (χ1v) is 8.70. The van der Waals surface area contributed by atoms with Gasteiger partial charge in [0.15, 0.2) is 0 Å². The van der Waals surface area contributed by atoms with Gasteiger partial charge < -0.3 is 0 Å². The van der Waals surface area contributed by atoms with E-state index in [-0.39, 0.29) is 0 Å². The largest absolute Gasteiger partial charge is 0.229 e. The van der Waals surface area contributed by atoms with Crippen LogP contribution < -0.4 is 0 Å². The van der Waals surface area contributed by atoms with Crippen molar-refractivity contribution < 1.29 is 0 Å². The Morgan fingerprint density at radius 3 is 2.82 bits per heavy atom. The van der Waals surface area contributed by atoms with Crippen molar-refractivity contribution in [2.45, 2.75) is 10.2 Å². The van der Waals surface area contributed by atoms with Gasteiger partial charge >= 0.3 is 0 Å². The first-order chi connectivity index (χ1) is 10.8. The molecule has 108 valence electrons. The minimum Gasteiger partial charge on any atom is -0.229 e. The number of hydrogen-bond donors (Lipinski definition) is 0. The van der Waals surface area contributed by atoms with Crippen LogP contribution in [0.3, 0.4) is 0 Å². The molecule has 6 nitrogen and oxygen atoms in total. The molecule has 0 N–H and O–H groups in total. The average molecular weight is 391 g/mol. The lowest BCUT2D eigenvalue weighted by molar-refractivity contribution is 0.756. The Balaban J connectivity index is 1.74. The number of hydrogen-bond acceptors (Lipinski definition) is 7. The molecular weight excluding hydrogens is 384 g/mol. The fourth-order valence-corrected chi connectivity index (χ4v) is 3.84. The summed E-state index contributed by atoms with van der Waals surface area (Å²) in [6.45, 7) is 0. The van der Waals surface area contributed by atoms with Gasteiger partial charge in [0.25, 0.3) is 0 Å². The number of tetrazole rings is 1. The fraction of sp³-hybridized carbons (Fsp3) is 0. The first-order valence-electron chi connectivity index (χ1n) is 6.21. The number of aromatic nitrogens is 6. The summed E-state index contributed by atoms with van der Waals surface area (Å²) in [5.74, 6) is 0. The van der Waals surface area contributed by atoms with Crippen molar-refractivity contribution in [3.05, 3.63) is 46.5 Å². The number of benzene rings is 1. The van der Waals surface area contributed by atoms with Crippen LogP contribution in [0, 0.1) is 0 Å². The van der Waals surface area contributed by atoms with Crippen LogP contribution in [0.25, 0.3) is 15.9 Å². The molecule has 4 aromatic rings. The predicted molar refractivity (Wildman–Crippen MR) is 88.4 cm³/mol. The molecule has 0 saturated carbocycles. The number of halogens is 1. The summed E-state index contributed by atoms with van der Waals surface area (Å²) >= 11 is 6.43. The molecule has 0 unspecified atom stereocenters. The zero-order chi connectivity index (χ0) is 14.9. The third-order valence-electron chi connectivity index (χ3n) is 2.93. The van der Waals surface area contributed by atoms with E-state index in [4.69, 9.17) is 0 Å². The molecular formula is C13H7BrN6S2. The lowest BCUT2D eigenvalue weighted by atomic mass is 10.3. The lowest BCUT2D eigenvalue weighted by Gasteiger charge is -2.04. The fourth-order valence-electron chi connectivity index (χ4n) is 1.92. The third kappa shape index (κ3) is 2.51. The van der Waals surface area contributed by atoms with Crippen molar-refractivity contribution in [1.82, 2.24) is 30.2 Å². The molecule has 0 atom stereocenters. The molecule has 4 rings (SSSR count). The molecule has 1 aromatic carbocycles. The van der Waals surface area contributed by atoms with Crippen LogP contribution in [0.4, 0.5) is 0 Å². The van der Waals surface area contributed by atoms with Gasteiger partial charge in [-0.2, -0.15) is 4.68 Å². The zero-order valence-electron chi connectivity index (χ0n) is 10.9. The van der Waals surface area contributed by atoms with Crippen LogP contribution in [-0.2, 0) is 0 Å². The molecule has 22 heavy (non-hydrogen) atoms. The maximum atomic E-state index is 4.35. The van der Waals surface area contributed by atoms with Crippen molar-refractivity contribution in [1.29, 1.82) is 0 Å². The standard InChI is InChI=1S/C13H7BrN6S2/c14-8-1-3-9(4-2-8)20-13(17-18-19-20)22-12-10-5-6-21-11(10)15-7-16-12/h1-7H. The summed E-state index contributed by atoms with van der Waals surface area (Å²) in [6, 6.07) is 9.81. The molecule has 0 amide bonds. The van der Waals surface area contributed by atoms with Gasteiger partial charge in [0, 0.05) is 9.86 Å². The number of fused-ring (bicyclic) bond motifs is 1. The maximum Gasteiger partial charge on any atom is 0.220 e. The molecule has 0 bridgehead atoms. The number of nitrogens with zero attached hydrogens (tertiary/aromatic N) is 6. The van der Waals surface area contributed by atoms with E-state index in [9.17, 15) is 0 Å². The van der Waals surface area contributed by atoms with Gasteiger partial charge in [-0.15, -0.1) is 16.4 Å². The molecule has 0 spiro atoms. The van der Waals surface area contributed by atoms with Crippen molar-refractivity contribution >= 4 is 49.2 Å². The van der Waals surface area contributed by atoms with E-state index >= 15 is 0 Å². The number of thiophene rings is 1. The van der Waals surface area contributed by atoms with Crippen molar-refractivity contribution in [2.75, 3.05) is 0 Å². The highest BCUT2D eigenvalue weighted by molar-refractivity contribution is 9.10. The van der Waals surface area contributed by atoms with Crippen molar-refractivity contribution in [3.63, 3.8) is 0 Å². The smallest absolute Gasteiger partial charge is 0.220 e. The molecule has 0 aliphatic carbocycles. The Bertz CT molecular complexity index is 933. The summed E-state index contributed by atoms with van der Waals surface area (Å²) in [4.78, 5) is 9.56. The summed E-state index contributed by atoms with van der Waals surface area (Å²) in [7, 11) is 0. The van der Waals surface area contributed by atoms with Gasteiger partial charge in [0.1, 0.15) is 16.2 Å². The normalized spacial score (nSPS) is 11.1. The highest BCUT2D eigenvalue weighted by atomic mass is 79.9. The van der Waals surface area contributed by atoms with Crippen LogP contribution in [0.15, 0.2) is 56.7 Å². The summed E-state index contributed by atoms with van der Waals surface area (Å²) < 4.78 is 2.70. The van der Waals surface area contributed by atoms with Gasteiger partial charge in [-0.3, -0.25) is 0 Å². The zero-order valence-corrected chi connectivity index (χ0v) is 14.1. The molecule has 0 radical (unpaired) electrons. The van der Waals surface area contributed by atoms with Crippen LogP contribution in [-0.4, -0.2) is 30.2 Å². The summed E-state index contributed by atoms with van der Waals surface area (Å²) in [5.41, 5.74) is 0.895. The summed E-state index contributed by atoms with van der Waals surface area (Å²) in [5, 5.41) is 16.5. The second-order valence-corrected chi connectivity index (χ2v) is 7.04. The number of rotatable bonds is 3. The minimum atomic E-state index is 0.661. The molecule has 9 heteroatoms. The second-order valence-electron chi connectivity index (χ2n) is 4.27. The predicted octanol–water partition coefficient (Wildman–Crippen LogP) is 3.58. The van der Waals surface area contributed by atoms with Crippen LogP contribution in [0.5, 0.6) is 0 Å². The highest BCUT2D eigenvalue weighted by Crippen LogP contribution is 2.32. The van der Waals surface area contributed by atoms with E-state index in [2.05, 4.69) is 41.4 Å². The van der Waals surface area contributed by atoms with Gasteiger partial charge in [0.05, 0.1) is 5.69 Å². The highest BCUT2D eigenvalue weighted by Gasteiger charge is 2.13. The molecule has 3 aromatic heterocycles. The Morgan fingerprint density at radius 2 is 1.95 bits per heavy atom. The average Bonchev–Trinajstić information content (AvgIpc) is 3.17. The van der Waals surface area contributed by atoms with E-state index in [1.165, 1.54) is 11.8 Å². The summed E-state index contributed by atoms with van der Waals surface area (Å²) in [6.07, 6.45) is 1.56. The van der Waals surface area contributed by atoms with Gasteiger partial charge in [-0.05, 0) is 57.9 Å². The van der Waals surface area contributed by atoms with Crippen molar-refractivity contribution in [2.24, 2.45) is 0 Å². The van der Waals surface area contributed by atoms with E-state index in [1.54, 1.807) is 22.3 Å². The van der Waals surface area contributed by atoms with E-state index in [0.29, 0.717) is 5.16 Å². The molecule has 3 heterocycles. The van der Waals surface area contributed by atoms with E-state index in [0.717, 1.165) is 25.4 Å². The molecule has 0 aliphatic rings. The Kier molecular flexibility index (Phi) is 3.60.